The third kappa shape index (κ3) is 5.68. The molecule has 1 saturated heterocycles. The normalized spacial score (nSPS) is 19.5. The first-order valence-corrected chi connectivity index (χ1v) is 11.4. The Bertz CT molecular complexity index is 815. The lowest BCUT2D eigenvalue weighted by Gasteiger charge is -2.27. The molecule has 3 rings (SSSR count). The van der Waals surface area contributed by atoms with Gasteiger partial charge in [0.1, 0.15) is 0 Å². The maximum Gasteiger partial charge on any atom is 0.314 e. The molecule has 1 fully saturated rings. The van der Waals surface area contributed by atoms with Gasteiger partial charge in [0.05, 0.1) is 0 Å². The van der Waals surface area contributed by atoms with Crippen molar-refractivity contribution in [1.82, 2.24) is 16.0 Å². The van der Waals surface area contributed by atoms with Crippen molar-refractivity contribution < 1.29 is 4.79 Å². The topological polar surface area (TPSA) is 53.2 Å². The second-order valence-corrected chi connectivity index (χ2v) is 10.9. The molecule has 0 unspecified atom stereocenters. The van der Waals surface area contributed by atoms with Crippen LogP contribution in [-0.2, 0) is 10.8 Å². The summed E-state index contributed by atoms with van der Waals surface area (Å²) in [6.07, 6.45) is 0.903. The van der Waals surface area contributed by atoms with Gasteiger partial charge < -0.3 is 16.0 Å². The number of nitrogens with one attached hydrogen (secondary N) is 3. The molecule has 2 atom stereocenters. The molecule has 1 heterocycles. The number of rotatable bonds is 4. The van der Waals surface area contributed by atoms with Crippen molar-refractivity contribution >= 4 is 6.03 Å². The molecular weight excluding hydrogens is 382 g/mol. The Morgan fingerprint density at radius 3 is 1.71 bits per heavy atom. The van der Waals surface area contributed by atoms with Crippen LogP contribution in [0.25, 0.3) is 0 Å². The van der Waals surface area contributed by atoms with E-state index in [1.807, 2.05) is 0 Å². The second-order valence-electron chi connectivity index (χ2n) is 10.9. The van der Waals surface area contributed by atoms with Crippen LogP contribution in [0, 0.1) is 0 Å². The number of carbonyl (C=O) groups excluding carboxylic acids is 1. The summed E-state index contributed by atoms with van der Waals surface area (Å²) in [4.78, 5) is 11.8. The Balaban J connectivity index is 1.92. The molecule has 31 heavy (non-hydrogen) atoms. The van der Waals surface area contributed by atoms with Gasteiger partial charge in [-0.15, -0.1) is 0 Å². The van der Waals surface area contributed by atoms with Crippen molar-refractivity contribution in [3.05, 3.63) is 70.8 Å². The number of amides is 2. The van der Waals surface area contributed by atoms with Crippen molar-refractivity contribution in [2.45, 2.75) is 76.8 Å². The molecule has 168 valence electrons. The number of hydrogen-bond donors (Lipinski definition) is 3. The summed E-state index contributed by atoms with van der Waals surface area (Å²) in [5.74, 6) is 0.236. The first-order chi connectivity index (χ1) is 14.5. The first kappa shape index (κ1) is 23.3. The third-order valence-electron chi connectivity index (χ3n) is 6.40. The summed E-state index contributed by atoms with van der Waals surface area (Å²) in [5.41, 5.74) is 5.59. The number of urea groups is 1. The van der Waals surface area contributed by atoms with Gasteiger partial charge in [0.15, 0.2) is 0 Å². The van der Waals surface area contributed by atoms with Crippen molar-refractivity contribution in [3.63, 3.8) is 0 Å². The fourth-order valence-corrected chi connectivity index (χ4v) is 4.43. The molecule has 4 heteroatoms. The third-order valence-corrected chi connectivity index (χ3v) is 6.40. The van der Waals surface area contributed by atoms with E-state index in [0.29, 0.717) is 0 Å². The average Bonchev–Trinajstić information content (AvgIpc) is 3.15. The Labute approximate surface area is 188 Å². The molecule has 2 aromatic rings. The molecule has 0 aromatic heterocycles. The summed E-state index contributed by atoms with van der Waals surface area (Å²) < 4.78 is 0. The van der Waals surface area contributed by atoms with Crippen LogP contribution in [0.5, 0.6) is 0 Å². The molecular formula is C27H39N3O. The zero-order valence-corrected chi connectivity index (χ0v) is 20.2. The lowest BCUT2D eigenvalue weighted by Crippen LogP contribution is -2.41. The molecule has 0 radical (unpaired) electrons. The van der Waals surface area contributed by atoms with Crippen LogP contribution in [0.15, 0.2) is 48.5 Å². The fraction of sp³-hybridized carbons (Fsp3) is 0.519. The van der Waals surface area contributed by atoms with E-state index in [9.17, 15) is 4.79 Å². The molecule has 0 spiro atoms. The van der Waals surface area contributed by atoms with E-state index in [1.54, 1.807) is 7.05 Å². The van der Waals surface area contributed by atoms with Crippen LogP contribution in [0.2, 0.25) is 0 Å². The van der Waals surface area contributed by atoms with E-state index >= 15 is 0 Å². The highest BCUT2D eigenvalue weighted by molar-refractivity contribution is 5.73. The minimum absolute atomic E-state index is 0.118. The van der Waals surface area contributed by atoms with Gasteiger partial charge in [0, 0.05) is 31.6 Å². The first-order valence-electron chi connectivity index (χ1n) is 11.4. The summed E-state index contributed by atoms with van der Waals surface area (Å²) in [5, 5.41) is 9.40. The molecule has 0 bridgehead atoms. The van der Waals surface area contributed by atoms with Gasteiger partial charge in [-0.25, -0.2) is 4.79 Å². The number of hydrogen-bond acceptors (Lipinski definition) is 2. The molecule has 0 aliphatic carbocycles. The van der Waals surface area contributed by atoms with Crippen LogP contribution >= 0.6 is 0 Å². The molecule has 3 N–H and O–H groups in total. The van der Waals surface area contributed by atoms with Crippen molar-refractivity contribution in [2.75, 3.05) is 13.6 Å². The van der Waals surface area contributed by atoms with E-state index in [1.165, 1.54) is 22.3 Å². The smallest absolute Gasteiger partial charge is 0.314 e. The van der Waals surface area contributed by atoms with Gasteiger partial charge in [0.25, 0.3) is 0 Å². The quantitative estimate of drug-likeness (QED) is 0.645. The van der Waals surface area contributed by atoms with Gasteiger partial charge in [-0.05, 0) is 39.5 Å². The lowest BCUT2D eigenvalue weighted by molar-refractivity contribution is 0.239. The zero-order valence-electron chi connectivity index (χ0n) is 20.2. The maximum atomic E-state index is 11.8. The Morgan fingerprint density at radius 2 is 1.32 bits per heavy atom. The highest BCUT2D eigenvalue weighted by Gasteiger charge is 2.33. The van der Waals surface area contributed by atoms with Gasteiger partial charge in [0.2, 0.25) is 0 Å². The van der Waals surface area contributed by atoms with E-state index in [0.717, 1.165) is 13.0 Å². The van der Waals surface area contributed by atoms with Crippen molar-refractivity contribution in [2.24, 2.45) is 0 Å². The molecule has 2 aromatic carbocycles. The van der Waals surface area contributed by atoms with E-state index in [-0.39, 0.29) is 34.9 Å². The van der Waals surface area contributed by atoms with Gasteiger partial charge in [-0.3, -0.25) is 0 Å². The molecule has 4 nitrogen and oxygen atoms in total. The summed E-state index contributed by atoms with van der Waals surface area (Å²) in [6, 6.07) is 18.5. The van der Waals surface area contributed by atoms with Gasteiger partial charge in [-0.1, -0.05) is 90.1 Å². The predicted molar refractivity (Wildman–Crippen MR) is 130 cm³/mol. The van der Waals surface area contributed by atoms with Crippen LogP contribution < -0.4 is 16.0 Å². The fourth-order valence-electron chi connectivity index (χ4n) is 4.43. The molecule has 2 amide bonds. The SMILES string of the molecule is CNC(=O)N[C@H]1CN[C@@H](C(c2ccc(C(C)(C)C)cc2)c2ccc(C(C)(C)C)cc2)C1. The van der Waals surface area contributed by atoms with Crippen LogP contribution in [0.4, 0.5) is 4.79 Å². The van der Waals surface area contributed by atoms with Crippen LogP contribution in [-0.4, -0.2) is 31.7 Å². The lowest BCUT2D eigenvalue weighted by atomic mass is 9.80. The maximum absolute atomic E-state index is 11.8. The standard InChI is InChI=1S/C27H39N3O/c1-26(2,3)20-12-8-18(9-13-20)24(19-10-14-21(15-11-19)27(4,5)6)23-16-22(17-29-23)30-25(31)28-7/h8-15,22-24,29H,16-17H2,1-7H3,(H2,28,30,31)/t22-,23-/m1/s1. The predicted octanol–water partition coefficient (Wildman–Crippen LogP) is 5.07. The van der Waals surface area contributed by atoms with Crippen LogP contribution in [0.3, 0.4) is 0 Å². The molecule has 0 saturated carbocycles. The number of benzene rings is 2. The monoisotopic (exact) mass is 421 g/mol. The minimum Gasteiger partial charge on any atom is -0.341 e. The summed E-state index contributed by atoms with van der Waals surface area (Å²) in [7, 11) is 1.66. The zero-order chi connectivity index (χ0) is 22.8. The number of carbonyl (C=O) groups is 1. The van der Waals surface area contributed by atoms with E-state index in [2.05, 4.69) is 106 Å². The van der Waals surface area contributed by atoms with E-state index in [4.69, 9.17) is 0 Å². The van der Waals surface area contributed by atoms with Crippen molar-refractivity contribution in [1.29, 1.82) is 0 Å². The molecule has 1 aliphatic heterocycles. The highest BCUT2D eigenvalue weighted by Crippen LogP contribution is 2.35. The van der Waals surface area contributed by atoms with Crippen LogP contribution in [0.1, 0.15) is 76.1 Å². The Hall–Kier alpha value is -2.33. The molecule has 1 aliphatic rings. The Kier molecular flexibility index (Phi) is 6.80. The van der Waals surface area contributed by atoms with Crippen molar-refractivity contribution in [3.8, 4) is 0 Å². The summed E-state index contributed by atoms with van der Waals surface area (Å²) >= 11 is 0. The minimum atomic E-state index is -0.118. The van der Waals surface area contributed by atoms with Gasteiger partial charge in [-0.2, -0.15) is 0 Å². The van der Waals surface area contributed by atoms with Gasteiger partial charge >= 0.3 is 6.03 Å². The van der Waals surface area contributed by atoms with E-state index < -0.39 is 0 Å². The summed E-state index contributed by atoms with van der Waals surface area (Å²) in [6.45, 7) is 14.3. The average molecular weight is 422 g/mol. The largest absolute Gasteiger partial charge is 0.341 e. The highest BCUT2D eigenvalue weighted by atomic mass is 16.2. The second kappa shape index (κ2) is 9.04. The Morgan fingerprint density at radius 1 is 0.871 bits per heavy atom.